The van der Waals surface area contributed by atoms with Crippen LogP contribution in [0.2, 0.25) is 5.15 Å². The van der Waals surface area contributed by atoms with Crippen LogP contribution in [0.25, 0.3) is 0 Å². The summed E-state index contributed by atoms with van der Waals surface area (Å²) in [5.74, 6) is 0. The molecule has 0 saturated carbocycles. The summed E-state index contributed by atoms with van der Waals surface area (Å²) in [5, 5.41) is 7.58. The first-order chi connectivity index (χ1) is 5.24. The highest BCUT2D eigenvalue weighted by atomic mass is 35.5. The molecule has 1 aromatic heterocycles. The van der Waals surface area contributed by atoms with Crippen molar-refractivity contribution >= 4 is 17.3 Å². The van der Waals surface area contributed by atoms with E-state index in [0.717, 1.165) is 0 Å². The summed E-state index contributed by atoms with van der Waals surface area (Å²) in [6.45, 7) is 0.397. The number of nitrogens with zero attached hydrogens (tertiary/aromatic N) is 2. The zero-order valence-electron chi connectivity index (χ0n) is 6.04. The van der Waals surface area contributed by atoms with Crippen LogP contribution < -0.4 is 5.73 Å². The lowest BCUT2D eigenvalue weighted by Gasteiger charge is -1.99. The van der Waals surface area contributed by atoms with Crippen molar-refractivity contribution in [3.63, 3.8) is 0 Å². The third-order valence-corrected chi connectivity index (χ3v) is 1.41. The highest BCUT2D eigenvalue weighted by Gasteiger charge is 1.99. The first-order valence-corrected chi connectivity index (χ1v) is 3.38. The third-order valence-electron chi connectivity index (χ3n) is 1.12. The Balaban J connectivity index is 2.86. The smallest absolute Gasteiger partial charge is 0.174 e. The van der Waals surface area contributed by atoms with Crippen molar-refractivity contribution in [1.29, 1.82) is 0 Å². The number of anilines is 1. The van der Waals surface area contributed by atoms with Crippen LogP contribution in [0.3, 0.4) is 0 Å². The van der Waals surface area contributed by atoms with Gasteiger partial charge in [-0.15, -0.1) is 5.10 Å². The average molecular weight is 174 g/mol. The largest absolute Gasteiger partial charge is 0.396 e. The minimum atomic E-state index is 0.227. The Morgan fingerprint density at radius 3 is 2.91 bits per heavy atom. The van der Waals surface area contributed by atoms with Gasteiger partial charge in [-0.25, -0.2) is 0 Å². The van der Waals surface area contributed by atoms with E-state index in [2.05, 4.69) is 10.2 Å². The maximum Gasteiger partial charge on any atom is 0.174 e. The maximum absolute atomic E-state index is 5.54. The molecule has 2 N–H and O–H groups in total. The highest BCUT2D eigenvalue weighted by Crippen LogP contribution is 2.14. The Kier molecular flexibility index (Phi) is 2.62. The molecule has 1 aromatic rings. The van der Waals surface area contributed by atoms with E-state index in [-0.39, 0.29) is 5.15 Å². The molecular weight excluding hydrogens is 166 g/mol. The first kappa shape index (κ1) is 8.23. The van der Waals surface area contributed by atoms with Gasteiger partial charge in [0, 0.05) is 7.11 Å². The van der Waals surface area contributed by atoms with Gasteiger partial charge in [-0.05, 0) is 6.07 Å². The van der Waals surface area contributed by atoms with Gasteiger partial charge in [-0.3, -0.25) is 0 Å². The Morgan fingerprint density at radius 1 is 1.64 bits per heavy atom. The van der Waals surface area contributed by atoms with Crippen LogP contribution in [-0.2, 0) is 11.3 Å². The minimum Gasteiger partial charge on any atom is -0.396 e. The molecule has 60 valence electrons. The molecule has 0 aromatic carbocycles. The van der Waals surface area contributed by atoms with Crippen molar-refractivity contribution in [2.24, 2.45) is 0 Å². The standard InChI is InChI=1S/C6H8ClN3O/c1-11-3-4-2-5(8)6(7)10-9-4/h2H,3H2,1H3,(H2,8,9). The van der Waals surface area contributed by atoms with E-state index < -0.39 is 0 Å². The quantitative estimate of drug-likeness (QED) is 0.721. The number of methoxy groups -OCH3 is 1. The third kappa shape index (κ3) is 2.03. The van der Waals surface area contributed by atoms with Crippen molar-refractivity contribution in [2.75, 3.05) is 12.8 Å². The van der Waals surface area contributed by atoms with Crippen molar-refractivity contribution < 1.29 is 4.74 Å². The van der Waals surface area contributed by atoms with Gasteiger partial charge < -0.3 is 10.5 Å². The van der Waals surface area contributed by atoms with Gasteiger partial charge in [0.15, 0.2) is 5.15 Å². The van der Waals surface area contributed by atoms with Crippen LogP contribution in [0.1, 0.15) is 5.69 Å². The molecule has 1 heterocycles. The van der Waals surface area contributed by atoms with Gasteiger partial charge >= 0.3 is 0 Å². The van der Waals surface area contributed by atoms with Crippen molar-refractivity contribution in [3.8, 4) is 0 Å². The van der Waals surface area contributed by atoms with E-state index in [0.29, 0.717) is 18.0 Å². The zero-order valence-corrected chi connectivity index (χ0v) is 6.80. The minimum absolute atomic E-state index is 0.227. The average Bonchev–Trinajstić information content (AvgIpc) is 1.98. The van der Waals surface area contributed by atoms with Crippen molar-refractivity contribution in [1.82, 2.24) is 10.2 Å². The normalized spacial score (nSPS) is 10.0. The van der Waals surface area contributed by atoms with Crippen LogP contribution in [0.5, 0.6) is 0 Å². The van der Waals surface area contributed by atoms with E-state index in [1.54, 1.807) is 13.2 Å². The molecule has 4 nitrogen and oxygen atoms in total. The predicted molar refractivity (Wildman–Crippen MR) is 42.2 cm³/mol. The van der Waals surface area contributed by atoms with Crippen LogP contribution in [0.4, 0.5) is 5.69 Å². The summed E-state index contributed by atoms with van der Waals surface area (Å²) in [5.41, 5.74) is 6.56. The molecule has 0 aliphatic rings. The highest BCUT2D eigenvalue weighted by molar-refractivity contribution is 6.31. The molecule has 0 unspecified atom stereocenters. The van der Waals surface area contributed by atoms with E-state index in [1.807, 2.05) is 0 Å². The van der Waals surface area contributed by atoms with E-state index >= 15 is 0 Å². The number of aromatic nitrogens is 2. The Labute approximate surface area is 69.3 Å². The van der Waals surface area contributed by atoms with Crippen molar-refractivity contribution in [2.45, 2.75) is 6.61 Å². The summed E-state index contributed by atoms with van der Waals surface area (Å²) in [6, 6.07) is 1.64. The lowest BCUT2D eigenvalue weighted by atomic mass is 10.4. The van der Waals surface area contributed by atoms with Crippen LogP contribution >= 0.6 is 11.6 Å². The molecular formula is C6H8ClN3O. The summed E-state index contributed by atoms with van der Waals surface area (Å²) in [6.07, 6.45) is 0. The molecule has 0 fully saturated rings. The molecule has 0 bridgehead atoms. The number of nitrogen functional groups attached to an aromatic ring is 1. The summed E-state index contributed by atoms with van der Waals surface area (Å²) < 4.78 is 4.82. The molecule has 0 aliphatic carbocycles. The van der Waals surface area contributed by atoms with Crippen LogP contribution in [0, 0.1) is 0 Å². The number of hydrogen-bond acceptors (Lipinski definition) is 4. The van der Waals surface area contributed by atoms with Crippen LogP contribution in [-0.4, -0.2) is 17.3 Å². The predicted octanol–water partition coefficient (Wildman–Crippen LogP) is 0.859. The fraction of sp³-hybridized carbons (Fsp3) is 0.333. The molecule has 5 heteroatoms. The molecule has 11 heavy (non-hydrogen) atoms. The molecule has 0 atom stereocenters. The van der Waals surface area contributed by atoms with Gasteiger partial charge in [-0.2, -0.15) is 5.10 Å². The summed E-state index contributed by atoms with van der Waals surface area (Å²) in [4.78, 5) is 0. The van der Waals surface area contributed by atoms with E-state index in [9.17, 15) is 0 Å². The molecule has 0 amide bonds. The molecule has 1 rings (SSSR count). The molecule has 0 radical (unpaired) electrons. The van der Waals surface area contributed by atoms with Crippen LogP contribution in [0.15, 0.2) is 6.07 Å². The number of hydrogen-bond donors (Lipinski definition) is 1. The second-order valence-corrected chi connectivity index (χ2v) is 2.37. The topological polar surface area (TPSA) is 61.0 Å². The van der Waals surface area contributed by atoms with Gasteiger partial charge in [0.1, 0.15) is 0 Å². The van der Waals surface area contributed by atoms with E-state index in [4.69, 9.17) is 22.1 Å². The lowest BCUT2D eigenvalue weighted by Crippen LogP contribution is -1.98. The second kappa shape index (κ2) is 3.50. The monoisotopic (exact) mass is 173 g/mol. The number of rotatable bonds is 2. The van der Waals surface area contributed by atoms with Gasteiger partial charge in [0.2, 0.25) is 0 Å². The van der Waals surface area contributed by atoms with E-state index in [1.165, 1.54) is 0 Å². The molecule has 0 saturated heterocycles. The molecule has 0 spiro atoms. The zero-order chi connectivity index (χ0) is 8.27. The SMILES string of the molecule is COCc1cc(N)c(Cl)nn1. The Morgan fingerprint density at radius 2 is 2.36 bits per heavy atom. The van der Waals surface area contributed by atoms with Gasteiger partial charge in [0.05, 0.1) is 18.0 Å². The van der Waals surface area contributed by atoms with Gasteiger partial charge in [-0.1, -0.05) is 11.6 Å². The molecule has 0 aliphatic heterocycles. The lowest BCUT2D eigenvalue weighted by molar-refractivity contribution is 0.180. The summed E-state index contributed by atoms with van der Waals surface area (Å²) in [7, 11) is 1.58. The number of halogens is 1. The fourth-order valence-electron chi connectivity index (χ4n) is 0.652. The Bertz CT molecular complexity index is 254. The Hall–Kier alpha value is -0.870. The second-order valence-electron chi connectivity index (χ2n) is 2.01. The van der Waals surface area contributed by atoms with Crippen molar-refractivity contribution in [3.05, 3.63) is 16.9 Å². The first-order valence-electron chi connectivity index (χ1n) is 3.00. The number of nitrogens with two attached hydrogens (primary N) is 1. The van der Waals surface area contributed by atoms with Gasteiger partial charge in [0.25, 0.3) is 0 Å². The summed E-state index contributed by atoms with van der Waals surface area (Å²) >= 11 is 5.54. The maximum atomic E-state index is 5.54. The number of ether oxygens (including phenoxy) is 1. The fourth-order valence-corrected chi connectivity index (χ4v) is 0.745.